The van der Waals surface area contributed by atoms with Gasteiger partial charge in [-0.15, -0.1) is 0 Å². The zero-order valence-electron chi connectivity index (χ0n) is 15.8. The van der Waals surface area contributed by atoms with Crippen LogP contribution in [0.3, 0.4) is 0 Å². The summed E-state index contributed by atoms with van der Waals surface area (Å²) in [7, 11) is 0. The summed E-state index contributed by atoms with van der Waals surface area (Å²) in [6, 6.07) is 15.2. The van der Waals surface area contributed by atoms with Crippen molar-refractivity contribution in [2.45, 2.75) is 25.8 Å². The predicted octanol–water partition coefficient (Wildman–Crippen LogP) is 3.18. The molecule has 1 fully saturated rings. The molecular formula is C22H25N3O3. The molecule has 4 rings (SSSR count). The van der Waals surface area contributed by atoms with Gasteiger partial charge in [0.05, 0.1) is 6.54 Å². The number of amides is 3. The average molecular weight is 379 g/mol. The lowest BCUT2D eigenvalue weighted by Gasteiger charge is -2.29. The van der Waals surface area contributed by atoms with Crippen molar-refractivity contribution in [2.75, 3.05) is 25.0 Å². The average Bonchev–Trinajstić information content (AvgIpc) is 3.56. The number of urea groups is 1. The van der Waals surface area contributed by atoms with Crippen molar-refractivity contribution in [1.29, 1.82) is 0 Å². The number of carbonyl (C=O) groups is 2. The minimum absolute atomic E-state index is 0.242. The Kier molecular flexibility index (Phi) is 5.46. The topological polar surface area (TPSA) is 70.7 Å². The molecule has 2 aromatic rings. The Morgan fingerprint density at radius 1 is 1.07 bits per heavy atom. The molecule has 0 saturated heterocycles. The quantitative estimate of drug-likeness (QED) is 0.758. The van der Waals surface area contributed by atoms with Crippen LogP contribution >= 0.6 is 0 Å². The van der Waals surface area contributed by atoms with Crippen LogP contribution in [0.2, 0.25) is 0 Å². The van der Waals surface area contributed by atoms with Crippen molar-refractivity contribution in [3.8, 4) is 5.75 Å². The van der Waals surface area contributed by atoms with Crippen LogP contribution < -0.4 is 15.4 Å². The zero-order chi connectivity index (χ0) is 19.3. The van der Waals surface area contributed by atoms with Gasteiger partial charge in [0.1, 0.15) is 12.4 Å². The first-order valence-corrected chi connectivity index (χ1v) is 9.82. The van der Waals surface area contributed by atoms with Crippen LogP contribution in [-0.2, 0) is 17.8 Å². The maximum absolute atomic E-state index is 12.3. The summed E-state index contributed by atoms with van der Waals surface area (Å²) in [6.07, 6.45) is 2.92. The molecule has 0 unspecified atom stereocenters. The molecular weight excluding hydrogens is 354 g/mol. The first kappa shape index (κ1) is 18.3. The third-order valence-electron chi connectivity index (χ3n) is 5.11. The fraction of sp³-hybridized carbons (Fsp3) is 0.364. The largest absolute Gasteiger partial charge is 0.492 e. The number of rotatable bonds is 6. The molecule has 6 heteroatoms. The number of ether oxygens (including phenoxy) is 1. The number of hydrogen-bond donors (Lipinski definition) is 2. The summed E-state index contributed by atoms with van der Waals surface area (Å²) in [5, 5.41) is 5.65. The Morgan fingerprint density at radius 3 is 2.68 bits per heavy atom. The maximum Gasteiger partial charge on any atom is 0.319 e. The van der Waals surface area contributed by atoms with E-state index in [1.807, 2.05) is 53.4 Å². The minimum atomic E-state index is -0.265. The van der Waals surface area contributed by atoms with Gasteiger partial charge < -0.3 is 20.3 Å². The Hall–Kier alpha value is -3.02. The van der Waals surface area contributed by atoms with E-state index in [-0.39, 0.29) is 17.9 Å². The molecule has 0 bridgehead atoms. The molecule has 2 aliphatic rings. The van der Waals surface area contributed by atoms with Crippen molar-refractivity contribution in [3.05, 3.63) is 59.7 Å². The van der Waals surface area contributed by atoms with E-state index in [4.69, 9.17) is 4.74 Å². The van der Waals surface area contributed by atoms with Gasteiger partial charge in [-0.05, 0) is 54.7 Å². The van der Waals surface area contributed by atoms with Crippen molar-refractivity contribution < 1.29 is 14.3 Å². The first-order chi connectivity index (χ1) is 13.7. The predicted molar refractivity (Wildman–Crippen MR) is 107 cm³/mol. The molecule has 1 heterocycles. The minimum Gasteiger partial charge on any atom is -0.492 e. The van der Waals surface area contributed by atoms with Gasteiger partial charge in [-0.3, -0.25) is 4.79 Å². The van der Waals surface area contributed by atoms with E-state index in [2.05, 4.69) is 10.6 Å². The third-order valence-corrected chi connectivity index (χ3v) is 5.11. The van der Waals surface area contributed by atoms with Crippen LogP contribution in [-0.4, -0.2) is 36.5 Å². The highest BCUT2D eigenvalue weighted by Crippen LogP contribution is 2.33. The van der Waals surface area contributed by atoms with Crippen molar-refractivity contribution in [2.24, 2.45) is 5.92 Å². The number of benzene rings is 2. The molecule has 3 amide bonds. The number of carbonyl (C=O) groups excluding carboxylic acids is 2. The summed E-state index contributed by atoms with van der Waals surface area (Å²) in [6.45, 7) is 2.24. The van der Waals surface area contributed by atoms with Gasteiger partial charge >= 0.3 is 6.03 Å². The Balaban J connectivity index is 1.26. The molecule has 2 N–H and O–H groups in total. The van der Waals surface area contributed by atoms with Gasteiger partial charge in [-0.1, -0.05) is 24.3 Å². The molecule has 1 aliphatic carbocycles. The monoisotopic (exact) mass is 379 g/mol. The molecule has 0 spiro atoms. The van der Waals surface area contributed by atoms with E-state index in [0.717, 1.165) is 42.8 Å². The third kappa shape index (κ3) is 4.63. The molecule has 0 radical (unpaired) electrons. The lowest BCUT2D eigenvalue weighted by Crippen LogP contribution is -2.37. The standard InChI is InChI=1S/C22H25N3O3/c26-21(17-6-7-17)25-12-10-16-8-9-19(14-18(16)15-25)24-22(27)23-11-13-28-20-4-2-1-3-5-20/h1-5,8-9,14,17H,6-7,10-13,15H2,(H2,23,24,27). The molecule has 1 saturated carbocycles. The van der Waals surface area contributed by atoms with Crippen LogP contribution in [0.25, 0.3) is 0 Å². The molecule has 0 aromatic heterocycles. The highest BCUT2D eigenvalue weighted by molar-refractivity contribution is 5.89. The normalized spacial score (nSPS) is 15.5. The zero-order valence-corrected chi connectivity index (χ0v) is 15.8. The van der Waals surface area contributed by atoms with E-state index in [0.29, 0.717) is 19.7 Å². The van der Waals surface area contributed by atoms with E-state index in [9.17, 15) is 9.59 Å². The second-order valence-corrected chi connectivity index (χ2v) is 7.31. The molecule has 28 heavy (non-hydrogen) atoms. The molecule has 146 valence electrons. The van der Waals surface area contributed by atoms with E-state index >= 15 is 0 Å². The van der Waals surface area contributed by atoms with E-state index in [1.165, 1.54) is 5.56 Å². The van der Waals surface area contributed by atoms with Gasteiger partial charge in [0, 0.05) is 24.7 Å². The van der Waals surface area contributed by atoms with Gasteiger partial charge in [0.15, 0.2) is 0 Å². The van der Waals surface area contributed by atoms with Crippen LogP contribution in [0.1, 0.15) is 24.0 Å². The fourth-order valence-electron chi connectivity index (χ4n) is 3.44. The number of hydrogen-bond acceptors (Lipinski definition) is 3. The Morgan fingerprint density at radius 2 is 1.89 bits per heavy atom. The molecule has 1 aliphatic heterocycles. The number of nitrogens with one attached hydrogen (secondary N) is 2. The summed E-state index contributed by atoms with van der Waals surface area (Å²) in [5.74, 6) is 1.30. The lowest BCUT2D eigenvalue weighted by atomic mass is 9.98. The fourth-order valence-corrected chi connectivity index (χ4v) is 3.44. The van der Waals surface area contributed by atoms with Crippen molar-refractivity contribution in [3.63, 3.8) is 0 Å². The number of fused-ring (bicyclic) bond motifs is 1. The van der Waals surface area contributed by atoms with Gasteiger partial charge in [-0.2, -0.15) is 0 Å². The molecule has 0 atom stereocenters. The van der Waals surface area contributed by atoms with Gasteiger partial charge in [-0.25, -0.2) is 4.79 Å². The summed E-state index contributed by atoms with van der Waals surface area (Å²) in [4.78, 5) is 26.4. The van der Waals surface area contributed by atoms with Crippen molar-refractivity contribution in [1.82, 2.24) is 10.2 Å². The smallest absolute Gasteiger partial charge is 0.319 e. The second-order valence-electron chi connectivity index (χ2n) is 7.31. The van der Waals surface area contributed by atoms with Crippen LogP contribution in [0.5, 0.6) is 5.75 Å². The van der Waals surface area contributed by atoms with Crippen LogP contribution in [0.15, 0.2) is 48.5 Å². The maximum atomic E-state index is 12.3. The second kappa shape index (κ2) is 8.33. The number of para-hydroxylation sites is 1. The summed E-state index contributed by atoms with van der Waals surface area (Å²) in [5.41, 5.74) is 3.11. The van der Waals surface area contributed by atoms with E-state index < -0.39 is 0 Å². The van der Waals surface area contributed by atoms with Gasteiger partial charge in [0.25, 0.3) is 0 Å². The van der Waals surface area contributed by atoms with E-state index in [1.54, 1.807) is 0 Å². The SMILES string of the molecule is O=C(NCCOc1ccccc1)Nc1ccc2c(c1)CN(C(=O)C1CC1)CC2. The molecule has 2 aromatic carbocycles. The Bertz CT molecular complexity index is 849. The first-order valence-electron chi connectivity index (χ1n) is 9.82. The summed E-state index contributed by atoms with van der Waals surface area (Å²) >= 11 is 0. The Labute approximate surface area is 164 Å². The van der Waals surface area contributed by atoms with Crippen LogP contribution in [0, 0.1) is 5.92 Å². The molecule has 6 nitrogen and oxygen atoms in total. The highest BCUT2D eigenvalue weighted by Gasteiger charge is 2.34. The van der Waals surface area contributed by atoms with Crippen LogP contribution in [0.4, 0.5) is 10.5 Å². The number of anilines is 1. The lowest BCUT2D eigenvalue weighted by molar-refractivity contribution is -0.133. The van der Waals surface area contributed by atoms with Crippen molar-refractivity contribution >= 4 is 17.6 Å². The highest BCUT2D eigenvalue weighted by atomic mass is 16.5. The van der Waals surface area contributed by atoms with Gasteiger partial charge in [0.2, 0.25) is 5.91 Å². The number of nitrogens with zero attached hydrogens (tertiary/aromatic N) is 1. The summed E-state index contributed by atoms with van der Waals surface area (Å²) < 4.78 is 5.56.